The zero-order valence-electron chi connectivity index (χ0n) is 13.7. The van der Waals surface area contributed by atoms with Gasteiger partial charge >= 0.3 is 6.03 Å². The van der Waals surface area contributed by atoms with Gasteiger partial charge in [-0.2, -0.15) is 0 Å². The molecule has 3 amide bonds. The van der Waals surface area contributed by atoms with Gasteiger partial charge in [0.1, 0.15) is 0 Å². The topological polar surface area (TPSA) is 61.4 Å². The fourth-order valence-electron chi connectivity index (χ4n) is 3.51. The molecule has 23 heavy (non-hydrogen) atoms. The highest BCUT2D eigenvalue weighted by atomic mass is 16.2. The molecule has 2 N–H and O–H groups in total. The molecule has 1 aromatic rings. The summed E-state index contributed by atoms with van der Waals surface area (Å²) in [6.07, 6.45) is 6.24. The number of anilines is 2. The molecule has 3 rings (SSSR count). The van der Waals surface area contributed by atoms with Gasteiger partial charge in [-0.3, -0.25) is 4.79 Å². The summed E-state index contributed by atoms with van der Waals surface area (Å²) >= 11 is 0. The van der Waals surface area contributed by atoms with Gasteiger partial charge in [-0.25, -0.2) is 4.79 Å². The van der Waals surface area contributed by atoms with Crippen LogP contribution in [0.5, 0.6) is 0 Å². The third-order valence-corrected chi connectivity index (χ3v) is 4.94. The van der Waals surface area contributed by atoms with E-state index in [1.54, 1.807) is 4.90 Å². The maximum absolute atomic E-state index is 12.1. The van der Waals surface area contributed by atoms with Crippen LogP contribution in [0.2, 0.25) is 0 Å². The van der Waals surface area contributed by atoms with E-state index < -0.39 is 0 Å². The van der Waals surface area contributed by atoms with E-state index in [0.29, 0.717) is 12.3 Å². The summed E-state index contributed by atoms with van der Waals surface area (Å²) in [7, 11) is 0. The highest BCUT2D eigenvalue weighted by Crippen LogP contribution is 2.25. The van der Waals surface area contributed by atoms with Crippen LogP contribution in [0, 0.1) is 5.92 Å². The molecule has 2 aliphatic rings. The quantitative estimate of drug-likeness (QED) is 0.896. The van der Waals surface area contributed by atoms with E-state index in [2.05, 4.69) is 17.6 Å². The zero-order valence-corrected chi connectivity index (χ0v) is 13.7. The molecule has 0 aromatic heterocycles. The van der Waals surface area contributed by atoms with E-state index in [0.717, 1.165) is 30.8 Å². The number of benzene rings is 1. The summed E-state index contributed by atoms with van der Waals surface area (Å²) in [5, 5.41) is 5.96. The van der Waals surface area contributed by atoms with Crippen molar-refractivity contribution in [3.05, 3.63) is 24.3 Å². The molecule has 1 saturated heterocycles. The minimum atomic E-state index is -0.145. The van der Waals surface area contributed by atoms with Gasteiger partial charge in [0.25, 0.3) is 0 Å². The van der Waals surface area contributed by atoms with Gasteiger partial charge in [-0.05, 0) is 49.4 Å². The number of hydrogen-bond donors (Lipinski definition) is 2. The maximum Gasteiger partial charge on any atom is 0.319 e. The number of hydrogen-bond acceptors (Lipinski definition) is 2. The van der Waals surface area contributed by atoms with Crippen LogP contribution in [0.25, 0.3) is 0 Å². The van der Waals surface area contributed by atoms with E-state index in [1.807, 2.05) is 24.3 Å². The largest absolute Gasteiger partial charge is 0.335 e. The molecule has 0 unspecified atom stereocenters. The summed E-state index contributed by atoms with van der Waals surface area (Å²) in [6, 6.07) is 7.61. The molecular weight excluding hydrogens is 290 g/mol. The Morgan fingerprint density at radius 2 is 1.87 bits per heavy atom. The number of urea groups is 1. The highest BCUT2D eigenvalue weighted by molar-refractivity contribution is 5.96. The van der Waals surface area contributed by atoms with Gasteiger partial charge in [0.05, 0.1) is 0 Å². The minimum Gasteiger partial charge on any atom is -0.335 e. The van der Waals surface area contributed by atoms with Crippen molar-refractivity contribution in [1.29, 1.82) is 0 Å². The Bertz CT molecular complexity index is 570. The average Bonchev–Trinajstić information content (AvgIpc) is 2.96. The monoisotopic (exact) mass is 315 g/mol. The molecule has 5 heteroatoms. The molecule has 2 atom stereocenters. The highest BCUT2D eigenvalue weighted by Gasteiger charge is 2.23. The smallest absolute Gasteiger partial charge is 0.319 e. The van der Waals surface area contributed by atoms with E-state index in [4.69, 9.17) is 0 Å². The number of nitrogens with one attached hydrogen (secondary N) is 2. The fraction of sp³-hybridized carbons (Fsp3) is 0.556. The van der Waals surface area contributed by atoms with E-state index >= 15 is 0 Å². The van der Waals surface area contributed by atoms with Crippen LogP contribution in [-0.4, -0.2) is 24.5 Å². The van der Waals surface area contributed by atoms with Crippen LogP contribution in [0.4, 0.5) is 16.2 Å². The third kappa shape index (κ3) is 3.84. The second kappa shape index (κ2) is 7.02. The van der Waals surface area contributed by atoms with Gasteiger partial charge in [-0.1, -0.05) is 19.8 Å². The zero-order chi connectivity index (χ0) is 16.2. The summed E-state index contributed by atoms with van der Waals surface area (Å²) in [6.45, 7) is 2.98. The van der Waals surface area contributed by atoms with Crippen molar-refractivity contribution in [3.63, 3.8) is 0 Å². The third-order valence-electron chi connectivity index (χ3n) is 4.94. The molecule has 1 saturated carbocycles. The summed E-state index contributed by atoms with van der Waals surface area (Å²) < 4.78 is 0. The number of carbonyl (C=O) groups excluding carboxylic acids is 2. The summed E-state index contributed by atoms with van der Waals surface area (Å²) in [5.41, 5.74) is 1.65. The lowest BCUT2D eigenvalue weighted by Gasteiger charge is -2.29. The van der Waals surface area contributed by atoms with Gasteiger partial charge in [0.2, 0.25) is 5.91 Å². The maximum atomic E-state index is 12.1. The molecule has 2 fully saturated rings. The molecule has 0 spiro atoms. The van der Waals surface area contributed by atoms with Crippen molar-refractivity contribution in [2.24, 2.45) is 5.92 Å². The minimum absolute atomic E-state index is 0.145. The Morgan fingerprint density at radius 1 is 1.13 bits per heavy atom. The van der Waals surface area contributed by atoms with E-state index in [9.17, 15) is 9.59 Å². The lowest BCUT2D eigenvalue weighted by Crippen LogP contribution is -2.43. The van der Waals surface area contributed by atoms with Crippen molar-refractivity contribution in [1.82, 2.24) is 5.32 Å². The SMILES string of the molecule is C[C@@H]1CCCC[C@@H]1NC(=O)Nc1ccc(N2CCCC2=O)cc1. The lowest BCUT2D eigenvalue weighted by atomic mass is 9.86. The van der Waals surface area contributed by atoms with Crippen LogP contribution in [0.3, 0.4) is 0 Å². The van der Waals surface area contributed by atoms with Gasteiger partial charge in [0, 0.05) is 30.4 Å². The van der Waals surface area contributed by atoms with E-state index in [-0.39, 0.29) is 18.0 Å². The van der Waals surface area contributed by atoms with Gasteiger partial charge in [0.15, 0.2) is 0 Å². The molecule has 124 valence electrons. The van der Waals surface area contributed by atoms with Gasteiger partial charge in [-0.15, -0.1) is 0 Å². The number of amides is 3. The first kappa shape index (κ1) is 15.8. The van der Waals surface area contributed by atoms with Crippen molar-refractivity contribution >= 4 is 23.3 Å². The van der Waals surface area contributed by atoms with Gasteiger partial charge < -0.3 is 15.5 Å². The summed E-state index contributed by atoms with van der Waals surface area (Å²) in [4.78, 5) is 25.7. The standard InChI is InChI=1S/C18H25N3O2/c1-13-5-2-3-6-16(13)20-18(23)19-14-8-10-15(11-9-14)21-12-4-7-17(21)22/h8-11,13,16H,2-7,12H2,1H3,(H2,19,20,23)/t13-,16+/m1/s1. The van der Waals surface area contributed by atoms with Crippen LogP contribution in [0.1, 0.15) is 45.4 Å². The predicted molar refractivity (Wildman–Crippen MR) is 91.6 cm³/mol. The van der Waals surface area contributed by atoms with E-state index in [1.165, 1.54) is 19.3 Å². The van der Waals surface area contributed by atoms with Crippen molar-refractivity contribution in [3.8, 4) is 0 Å². The first-order valence-corrected chi connectivity index (χ1v) is 8.61. The van der Waals surface area contributed by atoms with Crippen molar-refractivity contribution in [2.75, 3.05) is 16.8 Å². The number of rotatable bonds is 3. The normalized spacial score (nSPS) is 24.6. The Labute approximate surface area is 137 Å². The van der Waals surface area contributed by atoms with Crippen LogP contribution in [-0.2, 0) is 4.79 Å². The first-order valence-electron chi connectivity index (χ1n) is 8.61. The molecule has 5 nitrogen and oxygen atoms in total. The molecule has 1 aliphatic heterocycles. The second-order valence-corrected chi connectivity index (χ2v) is 6.66. The second-order valence-electron chi connectivity index (χ2n) is 6.66. The predicted octanol–water partition coefficient (Wildman–Crippen LogP) is 3.51. The average molecular weight is 315 g/mol. The fourth-order valence-corrected chi connectivity index (χ4v) is 3.51. The Balaban J connectivity index is 1.55. The number of nitrogens with zero attached hydrogens (tertiary/aromatic N) is 1. The van der Waals surface area contributed by atoms with Crippen LogP contribution >= 0.6 is 0 Å². The Morgan fingerprint density at radius 3 is 2.52 bits per heavy atom. The van der Waals surface area contributed by atoms with Crippen LogP contribution in [0.15, 0.2) is 24.3 Å². The molecule has 1 aliphatic carbocycles. The lowest BCUT2D eigenvalue weighted by molar-refractivity contribution is -0.117. The summed E-state index contributed by atoms with van der Waals surface area (Å²) in [5.74, 6) is 0.716. The molecule has 0 radical (unpaired) electrons. The van der Waals surface area contributed by atoms with Crippen molar-refractivity contribution < 1.29 is 9.59 Å². The Kier molecular flexibility index (Phi) is 4.84. The molecule has 0 bridgehead atoms. The van der Waals surface area contributed by atoms with Crippen LogP contribution < -0.4 is 15.5 Å². The molecule has 1 heterocycles. The Hall–Kier alpha value is -2.04. The van der Waals surface area contributed by atoms with Crippen molar-refractivity contribution in [2.45, 2.75) is 51.5 Å². The first-order chi connectivity index (χ1) is 11.1. The molecular formula is C18H25N3O2. The number of carbonyl (C=O) groups is 2. The molecule has 1 aromatic carbocycles.